The van der Waals surface area contributed by atoms with Crippen molar-refractivity contribution < 1.29 is 35.5 Å². The molecular formula is C23H27F4N3O4S. The lowest BCUT2D eigenvalue weighted by Gasteiger charge is -2.21. The number of nitrogens with two attached hydrogens (primary N) is 1. The first-order chi connectivity index (χ1) is 16.4. The predicted octanol–water partition coefficient (Wildman–Crippen LogP) is 4.03. The van der Waals surface area contributed by atoms with Crippen LogP contribution < -0.4 is 14.8 Å². The number of nitrogens with zero attached hydrogens (tertiary/aromatic N) is 2. The fourth-order valence-electron chi connectivity index (χ4n) is 4.23. The van der Waals surface area contributed by atoms with Gasteiger partial charge < -0.3 is 10.5 Å². The largest absolute Gasteiger partial charge is 0.474 e. The van der Waals surface area contributed by atoms with E-state index in [-0.39, 0.29) is 36.1 Å². The first kappa shape index (κ1) is 26.7. The van der Waals surface area contributed by atoms with E-state index in [0.717, 1.165) is 42.1 Å². The van der Waals surface area contributed by atoms with Crippen LogP contribution in [0.3, 0.4) is 0 Å². The molecule has 7 nitrogen and oxygen atoms in total. The van der Waals surface area contributed by atoms with Crippen molar-refractivity contribution >= 4 is 22.5 Å². The number of benzene rings is 1. The van der Waals surface area contributed by atoms with Crippen LogP contribution in [0.25, 0.3) is 0 Å². The molecule has 1 unspecified atom stereocenters. The zero-order valence-electron chi connectivity index (χ0n) is 19.3. The summed E-state index contributed by atoms with van der Waals surface area (Å²) in [5, 5.41) is 0. The molecular weight excluding hydrogens is 490 g/mol. The number of aromatic nitrogens is 1. The smallest absolute Gasteiger partial charge is 0.433 e. The lowest BCUT2D eigenvalue weighted by molar-refractivity contribution is -0.141. The minimum absolute atomic E-state index is 0.0642. The number of alkyl halides is 3. The average molecular weight is 518 g/mol. The number of primary amides is 1. The van der Waals surface area contributed by atoms with Gasteiger partial charge in [-0.25, -0.2) is 17.8 Å². The highest BCUT2D eigenvalue weighted by atomic mass is 32.2. The van der Waals surface area contributed by atoms with Gasteiger partial charge in [0.25, 0.3) is 0 Å². The Kier molecular flexibility index (Phi) is 8.24. The predicted molar refractivity (Wildman–Crippen MR) is 122 cm³/mol. The maximum Gasteiger partial charge on any atom is 0.433 e. The maximum atomic E-state index is 14.6. The van der Waals surface area contributed by atoms with Crippen molar-refractivity contribution in [2.75, 3.05) is 11.4 Å². The molecule has 0 saturated heterocycles. The summed E-state index contributed by atoms with van der Waals surface area (Å²) in [4.78, 5) is 15.9. The molecule has 35 heavy (non-hydrogen) atoms. The van der Waals surface area contributed by atoms with E-state index in [4.69, 9.17) is 10.5 Å². The van der Waals surface area contributed by atoms with Crippen LogP contribution in [-0.2, 0) is 28.3 Å². The number of thiol groups is 1. The number of anilines is 1. The van der Waals surface area contributed by atoms with Gasteiger partial charge in [0, 0.05) is 12.6 Å². The summed E-state index contributed by atoms with van der Waals surface area (Å²) in [5.74, 6) is -2.69. The van der Waals surface area contributed by atoms with Crippen LogP contribution in [-0.4, -0.2) is 32.5 Å². The van der Waals surface area contributed by atoms with Crippen LogP contribution >= 0.6 is 0 Å². The van der Waals surface area contributed by atoms with Crippen LogP contribution in [0.5, 0.6) is 5.88 Å². The van der Waals surface area contributed by atoms with Crippen LogP contribution in [0.4, 0.5) is 23.2 Å². The molecule has 1 aromatic heterocycles. The van der Waals surface area contributed by atoms with E-state index in [1.54, 1.807) is 0 Å². The van der Waals surface area contributed by atoms with E-state index < -0.39 is 40.4 Å². The van der Waals surface area contributed by atoms with Gasteiger partial charge >= 0.3 is 6.18 Å². The Balaban J connectivity index is 1.90. The molecule has 2 aromatic rings. The maximum absolute atomic E-state index is 14.6. The van der Waals surface area contributed by atoms with E-state index in [1.807, 2.05) is 0 Å². The van der Waals surface area contributed by atoms with Gasteiger partial charge in [0.2, 0.25) is 22.7 Å². The Morgan fingerprint density at radius 2 is 1.91 bits per heavy atom. The molecule has 12 heteroatoms. The highest BCUT2D eigenvalue weighted by molar-refractivity contribution is 7.74. The average Bonchev–Trinajstić information content (AvgIpc) is 3.27. The van der Waals surface area contributed by atoms with Crippen molar-refractivity contribution in [2.24, 2.45) is 5.73 Å². The number of pyridine rings is 1. The van der Waals surface area contributed by atoms with Gasteiger partial charge in [-0.3, -0.25) is 9.10 Å². The molecule has 1 atom stereocenters. The zero-order chi connectivity index (χ0) is 25.9. The Hall–Kier alpha value is -2.89. The molecule has 1 aliphatic carbocycles. The van der Waals surface area contributed by atoms with Gasteiger partial charge in [0.1, 0.15) is 17.6 Å². The molecule has 0 aliphatic heterocycles. The van der Waals surface area contributed by atoms with Crippen molar-refractivity contribution in [1.82, 2.24) is 4.98 Å². The fourth-order valence-corrected chi connectivity index (χ4v) is 4.57. The van der Waals surface area contributed by atoms with Gasteiger partial charge in [0.15, 0.2) is 0 Å². The minimum atomic E-state index is -4.65. The van der Waals surface area contributed by atoms with Crippen molar-refractivity contribution in [3.8, 4) is 5.88 Å². The first-order valence-corrected chi connectivity index (χ1v) is 12.2. The van der Waals surface area contributed by atoms with Crippen molar-refractivity contribution in [3.63, 3.8) is 0 Å². The number of hydrogen-bond donors (Lipinski definition) is 2. The Morgan fingerprint density at radius 3 is 2.46 bits per heavy atom. The summed E-state index contributed by atoms with van der Waals surface area (Å²) in [6.45, 7) is 1.52. The monoisotopic (exact) mass is 517 g/mol. The number of hydrogen-bond acceptors (Lipinski definition) is 5. The summed E-state index contributed by atoms with van der Waals surface area (Å²) >= 11 is 0. The van der Waals surface area contributed by atoms with E-state index in [0.29, 0.717) is 11.1 Å². The van der Waals surface area contributed by atoms with Crippen LogP contribution in [0.1, 0.15) is 60.4 Å². The highest BCUT2D eigenvalue weighted by Crippen LogP contribution is 2.36. The molecule has 3 rings (SSSR count). The molecule has 0 spiro atoms. The van der Waals surface area contributed by atoms with Gasteiger partial charge in [-0.05, 0) is 74.8 Å². The summed E-state index contributed by atoms with van der Waals surface area (Å²) in [5.41, 5.74) is 5.27. The number of carbonyl (C=O) groups is 1. The summed E-state index contributed by atoms with van der Waals surface area (Å²) in [7, 11) is -1.87. The lowest BCUT2D eigenvalue weighted by Crippen LogP contribution is -2.23. The van der Waals surface area contributed by atoms with Crippen LogP contribution in [0.2, 0.25) is 0 Å². The second kappa shape index (κ2) is 10.8. The van der Waals surface area contributed by atoms with Crippen LogP contribution in [0, 0.1) is 12.7 Å². The molecule has 1 aliphatic rings. The molecule has 0 bridgehead atoms. The molecule has 2 N–H and O–H groups in total. The summed E-state index contributed by atoms with van der Waals surface area (Å²) in [6, 6.07) is 4.60. The SMILES string of the molecule is Cc1cc(C(F)(F)F)nc(OC2CCCC2)c1CCC(C(N)=O)c1ccc(N(C)[SH](=O)=O)c(F)c1. The zero-order valence-corrected chi connectivity index (χ0v) is 20.2. The quantitative estimate of drug-likeness (QED) is 0.386. The first-order valence-electron chi connectivity index (χ1n) is 11.1. The van der Waals surface area contributed by atoms with Gasteiger partial charge in [-0.2, -0.15) is 13.2 Å². The third kappa shape index (κ3) is 6.41. The number of amides is 1. The fraction of sp³-hybridized carbons (Fsp3) is 0.478. The normalized spacial score (nSPS) is 15.4. The molecule has 0 radical (unpaired) electrons. The number of rotatable bonds is 9. The Labute approximate surface area is 202 Å². The van der Waals surface area contributed by atoms with Gasteiger partial charge in [-0.1, -0.05) is 6.07 Å². The molecule has 192 valence electrons. The molecule has 1 aromatic carbocycles. The van der Waals surface area contributed by atoms with Crippen molar-refractivity contribution in [2.45, 2.75) is 63.6 Å². The van der Waals surface area contributed by atoms with E-state index in [1.165, 1.54) is 26.1 Å². The Morgan fingerprint density at radius 1 is 1.26 bits per heavy atom. The topological polar surface area (TPSA) is 103 Å². The minimum Gasteiger partial charge on any atom is -0.474 e. The molecule has 1 saturated carbocycles. The lowest BCUT2D eigenvalue weighted by atomic mass is 9.90. The molecule has 1 fully saturated rings. The number of carbonyl (C=O) groups excluding carboxylic acids is 1. The van der Waals surface area contributed by atoms with Crippen molar-refractivity contribution in [3.05, 3.63) is 52.5 Å². The third-order valence-corrected chi connectivity index (χ3v) is 6.88. The Bertz CT molecular complexity index is 1160. The summed E-state index contributed by atoms with van der Waals surface area (Å²) in [6.07, 6.45) is -1.43. The molecule has 1 heterocycles. The second-order valence-electron chi connectivity index (χ2n) is 8.60. The number of ether oxygens (including phenoxy) is 1. The number of halogens is 4. The van der Waals surface area contributed by atoms with E-state index in [9.17, 15) is 30.8 Å². The van der Waals surface area contributed by atoms with Crippen molar-refractivity contribution in [1.29, 1.82) is 0 Å². The number of aryl methyl sites for hydroxylation is 1. The van der Waals surface area contributed by atoms with E-state index in [2.05, 4.69) is 4.98 Å². The molecule has 1 amide bonds. The van der Waals surface area contributed by atoms with Gasteiger partial charge in [-0.15, -0.1) is 0 Å². The summed E-state index contributed by atoms with van der Waals surface area (Å²) < 4.78 is 83.5. The van der Waals surface area contributed by atoms with E-state index >= 15 is 0 Å². The van der Waals surface area contributed by atoms with Crippen LogP contribution in [0.15, 0.2) is 24.3 Å². The standard InChI is InChI=1S/C23H27F4N3O4S/c1-13-11-20(23(25,26)27)29-22(34-15-5-3-4-6-15)16(13)8-9-17(21(28)31)14-7-10-19(18(24)12-14)30(2)35(32)33/h7,10-12,15,17,35H,3-6,8-9H2,1-2H3,(H2,28,31). The highest BCUT2D eigenvalue weighted by Gasteiger charge is 2.35. The second-order valence-corrected chi connectivity index (χ2v) is 9.67. The van der Waals surface area contributed by atoms with Gasteiger partial charge in [0.05, 0.1) is 11.6 Å². The third-order valence-electron chi connectivity index (χ3n) is 6.17.